The van der Waals surface area contributed by atoms with E-state index >= 15 is 0 Å². The number of aliphatic carboxylic acids is 1. The Morgan fingerprint density at radius 3 is 2.50 bits per heavy atom. The van der Waals surface area contributed by atoms with Crippen LogP contribution in [0.15, 0.2) is 11.6 Å². The third-order valence-corrected chi connectivity index (χ3v) is 11.3. The minimum atomic E-state index is -0.889. The number of hydrogen-bond donors (Lipinski definition) is 0. The molecular formula is C29H45O3-. The van der Waals surface area contributed by atoms with E-state index in [-0.39, 0.29) is 17.3 Å². The SMILES string of the molecule is CC[C@H](CC[C@@H](C)[C@H]1CC[C@H]2[C@@H]3CCC4=CC(=O)CC[C@]4(C)[C@H]3CC[C@]12C)C(C)C(=O)[O-]. The molecule has 32 heavy (non-hydrogen) atoms. The summed E-state index contributed by atoms with van der Waals surface area (Å²) in [5.41, 5.74) is 2.16. The number of ketones is 1. The molecule has 0 heterocycles. The summed E-state index contributed by atoms with van der Waals surface area (Å²) in [6.45, 7) is 11.5. The van der Waals surface area contributed by atoms with E-state index in [2.05, 4.69) is 27.7 Å². The molecule has 1 unspecified atom stereocenters. The van der Waals surface area contributed by atoms with Crippen molar-refractivity contribution in [3.8, 4) is 0 Å². The highest BCUT2D eigenvalue weighted by Crippen LogP contribution is 2.67. The Bertz CT molecular complexity index is 768. The van der Waals surface area contributed by atoms with Crippen LogP contribution in [0.4, 0.5) is 0 Å². The lowest BCUT2D eigenvalue weighted by Gasteiger charge is -2.58. The summed E-state index contributed by atoms with van der Waals surface area (Å²) in [5.74, 6) is 3.19. The van der Waals surface area contributed by atoms with Crippen molar-refractivity contribution >= 4 is 11.8 Å². The van der Waals surface area contributed by atoms with Gasteiger partial charge in [-0.05, 0) is 110 Å². The summed E-state index contributed by atoms with van der Waals surface area (Å²) in [7, 11) is 0. The van der Waals surface area contributed by atoms with Crippen LogP contribution in [0.3, 0.4) is 0 Å². The molecule has 3 fully saturated rings. The van der Waals surface area contributed by atoms with Gasteiger partial charge in [0, 0.05) is 12.4 Å². The highest BCUT2D eigenvalue weighted by atomic mass is 16.4. The molecule has 4 rings (SSSR count). The van der Waals surface area contributed by atoms with Crippen LogP contribution in [0.5, 0.6) is 0 Å². The van der Waals surface area contributed by atoms with Crippen molar-refractivity contribution in [2.45, 2.75) is 105 Å². The molecule has 0 bridgehead atoms. The molecule has 0 spiro atoms. The van der Waals surface area contributed by atoms with Crippen LogP contribution in [0.1, 0.15) is 105 Å². The molecule has 0 radical (unpaired) electrons. The number of rotatable bonds is 7. The standard InChI is InChI=1S/C29H46O3/c1-6-20(19(3)27(31)32)8-7-18(2)24-11-12-25-23-10-9-21-17-22(30)13-15-28(21,4)26(23)14-16-29(24,25)5/h17-20,23-26H,6-16H2,1-5H3,(H,31,32)/p-1/t18-,19?,20-,23+,24-,25+,26+,28+,29-/m1/s1. The van der Waals surface area contributed by atoms with Gasteiger partial charge in [0.2, 0.25) is 0 Å². The first-order valence-electron chi connectivity index (χ1n) is 13.6. The van der Waals surface area contributed by atoms with Crippen LogP contribution in [0.2, 0.25) is 0 Å². The van der Waals surface area contributed by atoms with E-state index in [1.165, 1.54) is 37.7 Å². The maximum atomic E-state index is 12.1. The van der Waals surface area contributed by atoms with Crippen LogP contribution < -0.4 is 5.11 Å². The molecule has 9 atom stereocenters. The van der Waals surface area contributed by atoms with Crippen molar-refractivity contribution in [1.29, 1.82) is 0 Å². The fourth-order valence-corrected chi connectivity index (χ4v) is 9.21. The lowest BCUT2D eigenvalue weighted by Crippen LogP contribution is -2.51. The summed E-state index contributed by atoms with van der Waals surface area (Å²) in [6.07, 6.45) is 14.7. The molecule has 3 heteroatoms. The Hall–Kier alpha value is -1.12. The van der Waals surface area contributed by atoms with E-state index in [9.17, 15) is 14.7 Å². The van der Waals surface area contributed by atoms with Gasteiger partial charge in [-0.25, -0.2) is 0 Å². The average Bonchev–Trinajstić information content (AvgIpc) is 3.11. The smallest absolute Gasteiger partial charge is 0.155 e. The van der Waals surface area contributed by atoms with Crippen molar-refractivity contribution in [1.82, 2.24) is 0 Å². The molecule has 0 N–H and O–H groups in total. The van der Waals surface area contributed by atoms with Crippen LogP contribution in [0.25, 0.3) is 0 Å². The third kappa shape index (κ3) is 3.90. The molecule has 0 aromatic heterocycles. The Kier molecular flexibility index (Phi) is 6.69. The van der Waals surface area contributed by atoms with Gasteiger partial charge in [-0.1, -0.05) is 53.0 Å². The lowest BCUT2D eigenvalue weighted by molar-refractivity contribution is -0.312. The van der Waals surface area contributed by atoms with Crippen LogP contribution >= 0.6 is 0 Å². The average molecular weight is 442 g/mol. The quantitative estimate of drug-likeness (QED) is 0.489. The van der Waals surface area contributed by atoms with E-state index < -0.39 is 5.97 Å². The molecule has 180 valence electrons. The van der Waals surface area contributed by atoms with Crippen molar-refractivity contribution in [2.75, 3.05) is 0 Å². The molecule has 3 nitrogen and oxygen atoms in total. The number of carboxylic acids is 1. The molecule has 0 aromatic rings. The lowest BCUT2D eigenvalue weighted by atomic mass is 9.46. The van der Waals surface area contributed by atoms with Gasteiger partial charge in [0.15, 0.2) is 5.78 Å². The van der Waals surface area contributed by atoms with Gasteiger partial charge in [0.05, 0.1) is 0 Å². The fraction of sp³-hybridized carbons (Fsp3) is 0.862. The number of carbonyl (C=O) groups is 2. The van der Waals surface area contributed by atoms with Gasteiger partial charge in [0.25, 0.3) is 0 Å². The van der Waals surface area contributed by atoms with Crippen molar-refractivity contribution in [3.05, 3.63) is 11.6 Å². The summed E-state index contributed by atoms with van der Waals surface area (Å²) in [5, 5.41) is 11.4. The topological polar surface area (TPSA) is 57.2 Å². The number of fused-ring (bicyclic) bond motifs is 5. The largest absolute Gasteiger partial charge is 0.550 e. The Labute approximate surface area is 195 Å². The first-order valence-corrected chi connectivity index (χ1v) is 13.6. The zero-order valence-electron chi connectivity index (χ0n) is 21.1. The second-order valence-corrected chi connectivity index (χ2v) is 12.5. The molecule has 0 aromatic carbocycles. The number of allylic oxidation sites excluding steroid dienone is 1. The van der Waals surface area contributed by atoms with Crippen LogP contribution in [0, 0.1) is 52.3 Å². The van der Waals surface area contributed by atoms with Crippen molar-refractivity contribution < 1.29 is 14.7 Å². The van der Waals surface area contributed by atoms with Gasteiger partial charge in [-0.2, -0.15) is 0 Å². The van der Waals surface area contributed by atoms with Crippen molar-refractivity contribution in [2.24, 2.45) is 52.3 Å². The Morgan fingerprint density at radius 2 is 1.81 bits per heavy atom. The molecule has 4 aliphatic rings. The van der Waals surface area contributed by atoms with Gasteiger partial charge in [-0.15, -0.1) is 0 Å². The van der Waals surface area contributed by atoms with Gasteiger partial charge in [-0.3, -0.25) is 4.79 Å². The van der Waals surface area contributed by atoms with Crippen molar-refractivity contribution in [3.63, 3.8) is 0 Å². The molecule has 4 aliphatic carbocycles. The minimum Gasteiger partial charge on any atom is -0.550 e. The third-order valence-electron chi connectivity index (χ3n) is 11.3. The predicted molar refractivity (Wildman–Crippen MR) is 127 cm³/mol. The monoisotopic (exact) mass is 441 g/mol. The molecular weight excluding hydrogens is 396 g/mol. The van der Waals surface area contributed by atoms with Gasteiger partial charge in [0.1, 0.15) is 0 Å². The predicted octanol–water partition coefficient (Wildman–Crippen LogP) is 5.96. The van der Waals surface area contributed by atoms with Crippen LogP contribution in [-0.4, -0.2) is 11.8 Å². The second-order valence-electron chi connectivity index (χ2n) is 12.5. The number of hydrogen-bond acceptors (Lipinski definition) is 3. The molecule has 0 amide bonds. The summed E-state index contributed by atoms with van der Waals surface area (Å²) >= 11 is 0. The minimum absolute atomic E-state index is 0.237. The van der Waals surface area contributed by atoms with E-state index in [4.69, 9.17) is 0 Å². The first-order chi connectivity index (χ1) is 15.1. The maximum absolute atomic E-state index is 12.1. The van der Waals surface area contributed by atoms with E-state index in [1.54, 1.807) is 0 Å². The van der Waals surface area contributed by atoms with Crippen LogP contribution in [-0.2, 0) is 9.59 Å². The van der Waals surface area contributed by atoms with E-state index in [0.29, 0.717) is 17.1 Å². The first kappa shape index (κ1) is 24.0. The summed E-state index contributed by atoms with van der Waals surface area (Å²) < 4.78 is 0. The zero-order chi connectivity index (χ0) is 23.3. The van der Waals surface area contributed by atoms with Gasteiger partial charge >= 0.3 is 0 Å². The Morgan fingerprint density at radius 1 is 1.06 bits per heavy atom. The highest BCUT2D eigenvalue weighted by Gasteiger charge is 2.59. The molecule has 0 saturated heterocycles. The number of carbonyl (C=O) groups excluding carboxylic acids is 2. The molecule has 0 aliphatic heterocycles. The normalized spacial score (nSPS) is 41.7. The zero-order valence-corrected chi connectivity index (χ0v) is 21.1. The highest BCUT2D eigenvalue weighted by molar-refractivity contribution is 5.91. The molecule has 3 saturated carbocycles. The van der Waals surface area contributed by atoms with Gasteiger partial charge < -0.3 is 9.90 Å². The number of carboxylic acid groups (broad SMARTS) is 1. The van der Waals surface area contributed by atoms with E-state index in [0.717, 1.165) is 62.2 Å². The Balaban J connectivity index is 1.45. The maximum Gasteiger partial charge on any atom is 0.155 e. The summed E-state index contributed by atoms with van der Waals surface area (Å²) in [6, 6.07) is 0. The second kappa shape index (κ2) is 8.91. The van der Waals surface area contributed by atoms with E-state index in [1.807, 2.05) is 13.0 Å². The fourth-order valence-electron chi connectivity index (χ4n) is 9.21. The summed E-state index contributed by atoms with van der Waals surface area (Å²) in [4.78, 5) is 23.5.